The number of aromatic nitrogens is 1. The van der Waals surface area contributed by atoms with Crippen molar-refractivity contribution < 1.29 is 23.8 Å². The monoisotopic (exact) mass is 502 g/mol. The zero-order valence-electron chi connectivity index (χ0n) is 20.4. The van der Waals surface area contributed by atoms with E-state index >= 15 is 0 Å². The number of aryl methyl sites for hydroxylation is 1. The maximum Gasteiger partial charge on any atom is 0.296 e. The number of ether oxygens (including phenoxy) is 1. The molecule has 184 valence electrons. The second-order valence-electron chi connectivity index (χ2n) is 8.96. The van der Waals surface area contributed by atoms with Gasteiger partial charge < -0.3 is 14.3 Å². The van der Waals surface area contributed by atoms with E-state index in [9.17, 15) is 14.7 Å². The fraction of sp³-hybridized carbons (Fsp3) is 0.250. The van der Waals surface area contributed by atoms with Gasteiger partial charge in [-0.2, -0.15) is 0 Å². The first-order valence-electron chi connectivity index (χ1n) is 11.8. The Bertz CT molecular complexity index is 1500. The fourth-order valence-electron chi connectivity index (χ4n) is 4.35. The molecule has 2 aromatic carbocycles. The largest absolute Gasteiger partial charge is 0.503 e. The summed E-state index contributed by atoms with van der Waals surface area (Å²) in [5, 5.41) is 11.4. The van der Waals surface area contributed by atoms with E-state index in [1.54, 1.807) is 19.1 Å². The second kappa shape index (κ2) is 9.28. The Balaban J connectivity index is 1.64. The number of furan rings is 1. The van der Waals surface area contributed by atoms with Gasteiger partial charge in [0.25, 0.3) is 5.91 Å². The number of benzene rings is 2. The molecule has 5 rings (SSSR count). The van der Waals surface area contributed by atoms with Crippen LogP contribution >= 0.6 is 11.3 Å². The van der Waals surface area contributed by atoms with Crippen molar-refractivity contribution in [2.45, 2.75) is 39.7 Å². The highest BCUT2D eigenvalue weighted by molar-refractivity contribution is 7.22. The van der Waals surface area contributed by atoms with Gasteiger partial charge in [-0.1, -0.05) is 49.4 Å². The molecular weight excluding hydrogens is 476 g/mol. The molecular formula is C28H26N2O5S. The summed E-state index contributed by atoms with van der Waals surface area (Å²) in [7, 11) is 0. The number of Topliss-reactive ketones (excluding diaryl/α,β-unsaturated/α-hetero) is 1. The van der Waals surface area contributed by atoms with Crippen molar-refractivity contribution in [2.75, 3.05) is 11.5 Å². The van der Waals surface area contributed by atoms with E-state index in [-0.39, 0.29) is 11.3 Å². The molecule has 0 saturated heterocycles. The number of aliphatic hydroxyl groups excluding tert-OH is 1. The molecule has 1 aliphatic heterocycles. The summed E-state index contributed by atoms with van der Waals surface area (Å²) in [6, 6.07) is 15.6. The van der Waals surface area contributed by atoms with Crippen LogP contribution in [0.3, 0.4) is 0 Å². The number of carbonyl (C=O) groups is 2. The average Bonchev–Trinajstić information content (AvgIpc) is 3.55. The molecule has 2 aromatic heterocycles. The lowest BCUT2D eigenvalue weighted by molar-refractivity contribution is -0.117. The van der Waals surface area contributed by atoms with Crippen LogP contribution in [-0.4, -0.2) is 28.4 Å². The van der Waals surface area contributed by atoms with Crippen LogP contribution in [0.1, 0.15) is 60.2 Å². The van der Waals surface area contributed by atoms with Gasteiger partial charge in [-0.05, 0) is 61.2 Å². The Kier molecular flexibility index (Phi) is 6.14. The first kappa shape index (κ1) is 23.8. The smallest absolute Gasteiger partial charge is 0.296 e. The predicted molar refractivity (Wildman–Crippen MR) is 139 cm³/mol. The van der Waals surface area contributed by atoms with Crippen LogP contribution in [0.2, 0.25) is 0 Å². The van der Waals surface area contributed by atoms with Crippen molar-refractivity contribution in [3.8, 4) is 5.75 Å². The molecule has 1 N–H and O–H groups in total. The molecule has 0 aliphatic carbocycles. The van der Waals surface area contributed by atoms with Crippen molar-refractivity contribution in [2.24, 2.45) is 0 Å². The molecule has 36 heavy (non-hydrogen) atoms. The molecule has 4 aromatic rings. The minimum absolute atomic E-state index is 0.0269. The summed E-state index contributed by atoms with van der Waals surface area (Å²) in [5.41, 5.74) is 2.49. The number of fused-ring (bicyclic) bond motifs is 1. The molecule has 7 nitrogen and oxygen atoms in total. The third-order valence-electron chi connectivity index (χ3n) is 6.20. The zero-order valence-corrected chi connectivity index (χ0v) is 21.3. The molecule has 1 aliphatic rings. The second-order valence-corrected chi connectivity index (χ2v) is 9.97. The van der Waals surface area contributed by atoms with Crippen molar-refractivity contribution in [1.82, 2.24) is 4.98 Å². The molecule has 0 spiro atoms. The van der Waals surface area contributed by atoms with Crippen LogP contribution in [0.15, 0.2) is 70.3 Å². The van der Waals surface area contributed by atoms with E-state index in [0.29, 0.717) is 40.2 Å². The number of thiazole rings is 1. The summed E-state index contributed by atoms with van der Waals surface area (Å²) in [6.07, 6.45) is 0. The average molecular weight is 503 g/mol. The highest BCUT2D eigenvalue weighted by atomic mass is 32.1. The Hall–Kier alpha value is -3.91. The molecule has 0 radical (unpaired) electrons. The number of ketones is 1. The number of hydrogen-bond acceptors (Lipinski definition) is 7. The van der Waals surface area contributed by atoms with Crippen LogP contribution < -0.4 is 9.64 Å². The summed E-state index contributed by atoms with van der Waals surface area (Å²) < 4.78 is 12.0. The normalized spacial score (nSPS) is 16.0. The van der Waals surface area contributed by atoms with Gasteiger partial charge in [-0.3, -0.25) is 14.5 Å². The Morgan fingerprint density at radius 3 is 2.56 bits per heavy atom. The van der Waals surface area contributed by atoms with Gasteiger partial charge in [0.05, 0.1) is 28.4 Å². The molecule has 8 heteroatoms. The zero-order chi connectivity index (χ0) is 25.6. The molecule has 0 saturated carbocycles. The number of amides is 1. The number of carbonyl (C=O) groups excluding carboxylic acids is 2. The lowest BCUT2D eigenvalue weighted by Crippen LogP contribution is -2.31. The van der Waals surface area contributed by atoms with E-state index in [2.05, 4.69) is 18.8 Å². The third kappa shape index (κ3) is 4.07. The highest BCUT2D eigenvalue weighted by Gasteiger charge is 2.46. The van der Waals surface area contributed by atoms with Gasteiger partial charge in [0, 0.05) is 0 Å². The van der Waals surface area contributed by atoms with Crippen molar-refractivity contribution in [3.05, 3.63) is 88.6 Å². The van der Waals surface area contributed by atoms with Crippen LogP contribution in [0.5, 0.6) is 5.75 Å². The van der Waals surface area contributed by atoms with Gasteiger partial charge in [0.1, 0.15) is 11.5 Å². The quantitative estimate of drug-likeness (QED) is 0.290. The number of nitrogens with zero attached hydrogens (tertiary/aromatic N) is 2. The number of rotatable bonds is 7. The summed E-state index contributed by atoms with van der Waals surface area (Å²) in [4.78, 5) is 33.0. The van der Waals surface area contributed by atoms with Crippen LogP contribution in [0.25, 0.3) is 10.2 Å². The topological polar surface area (TPSA) is 92.9 Å². The number of aliphatic hydroxyl groups is 1. The van der Waals surface area contributed by atoms with Crippen LogP contribution in [0.4, 0.5) is 5.13 Å². The fourth-order valence-corrected chi connectivity index (χ4v) is 5.38. The molecule has 0 bridgehead atoms. The van der Waals surface area contributed by atoms with Gasteiger partial charge in [0.2, 0.25) is 5.78 Å². The minimum Gasteiger partial charge on any atom is -0.503 e. The van der Waals surface area contributed by atoms with Gasteiger partial charge in [0.15, 0.2) is 16.7 Å². The van der Waals surface area contributed by atoms with Crippen molar-refractivity contribution in [3.63, 3.8) is 0 Å². The Labute approximate surface area is 212 Å². The molecule has 3 heterocycles. The lowest BCUT2D eigenvalue weighted by atomic mass is 9.93. The maximum absolute atomic E-state index is 13.5. The Morgan fingerprint density at radius 1 is 1.17 bits per heavy atom. The number of anilines is 1. The van der Waals surface area contributed by atoms with E-state index in [0.717, 1.165) is 10.3 Å². The van der Waals surface area contributed by atoms with Crippen LogP contribution in [0, 0.1) is 6.92 Å². The molecule has 1 amide bonds. The summed E-state index contributed by atoms with van der Waals surface area (Å²) in [5.74, 6) is -0.148. The van der Waals surface area contributed by atoms with Crippen LogP contribution in [-0.2, 0) is 4.79 Å². The van der Waals surface area contributed by atoms with E-state index in [1.165, 1.54) is 16.2 Å². The maximum atomic E-state index is 13.5. The first-order valence-corrected chi connectivity index (χ1v) is 12.6. The first-order chi connectivity index (χ1) is 17.3. The van der Waals surface area contributed by atoms with Crippen molar-refractivity contribution in [1.29, 1.82) is 0 Å². The van der Waals surface area contributed by atoms with E-state index in [4.69, 9.17) is 9.15 Å². The molecule has 1 unspecified atom stereocenters. The van der Waals surface area contributed by atoms with Gasteiger partial charge in [-0.25, -0.2) is 4.98 Å². The lowest BCUT2D eigenvalue weighted by Gasteiger charge is -2.24. The number of hydrogen-bond donors (Lipinski definition) is 1. The van der Waals surface area contributed by atoms with Gasteiger partial charge in [-0.15, -0.1) is 0 Å². The minimum atomic E-state index is -0.858. The SMILES string of the molecule is CCOc1ccc2nc(N3C(=O)C(O)=C(C(=O)c4ccc(C)o4)C3c3ccc(C(C)C)cc3)sc2c1. The summed E-state index contributed by atoms with van der Waals surface area (Å²) >= 11 is 1.30. The van der Waals surface area contributed by atoms with E-state index in [1.807, 2.05) is 49.4 Å². The third-order valence-corrected chi connectivity index (χ3v) is 7.22. The summed E-state index contributed by atoms with van der Waals surface area (Å²) in [6.45, 7) is 8.37. The van der Waals surface area contributed by atoms with E-state index < -0.39 is 23.5 Å². The standard InChI is InChI=1S/C28H26N2O5S/c1-5-34-19-11-12-20-22(14-19)36-28(29-20)30-24(18-9-7-17(8-10-18)15(2)3)23(26(32)27(30)33)25(31)21-13-6-16(4)35-21/h6-15,24,32H,5H2,1-4H3. The highest BCUT2D eigenvalue weighted by Crippen LogP contribution is 2.44. The van der Waals surface area contributed by atoms with Gasteiger partial charge >= 0.3 is 0 Å². The Morgan fingerprint density at radius 2 is 1.92 bits per heavy atom. The molecule has 0 fully saturated rings. The van der Waals surface area contributed by atoms with Crippen molar-refractivity contribution >= 4 is 38.4 Å². The predicted octanol–water partition coefficient (Wildman–Crippen LogP) is 6.50. The molecule has 1 atom stereocenters.